The Morgan fingerprint density at radius 1 is 1.27 bits per heavy atom. The second-order valence-electron chi connectivity index (χ2n) is 5.98. The van der Waals surface area contributed by atoms with Crippen LogP contribution in [0.1, 0.15) is 38.8 Å². The normalized spacial score (nSPS) is 14.2. The molecule has 22 heavy (non-hydrogen) atoms. The van der Waals surface area contributed by atoms with Gasteiger partial charge in [0.1, 0.15) is 6.61 Å². The number of ether oxygens (including phenoxy) is 1. The second kappa shape index (κ2) is 6.42. The van der Waals surface area contributed by atoms with Crippen molar-refractivity contribution in [2.24, 2.45) is 4.40 Å². The number of methoxy groups -OCH3 is 1. The maximum atomic E-state index is 13.8. The molecule has 0 heterocycles. The Hall–Kier alpha value is -1.34. The molecule has 0 radical (unpaired) electrons. The summed E-state index contributed by atoms with van der Waals surface area (Å²) in [4.78, 5) is 0. The molecule has 1 aromatic rings. The lowest BCUT2D eigenvalue weighted by molar-refractivity contribution is -0.0698. The third-order valence-corrected chi connectivity index (χ3v) is 5.12. The van der Waals surface area contributed by atoms with E-state index in [1.165, 1.54) is 53.0 Å². The van der Waals surface area contributed by atoms with Gasteiger partial charge in [-0.05, 0) is 39.3 Å². The average molecular weight is 333 g/mol. The van der Waals surface area contributed by atoms with E-state index in [0.29, 0.717) is 5.56 Å². The molecule has 0 N–H and O–H groups in total. The van der Waals surface area contributed by atoms with Crippen molar-refractivity contribution >= 4 is 15.7 Å². The van der Waals surface area contributed by atoms with E-state index in [9.17, 15) is 17.2 Å². The summed E-state index contributed by atoms with van der Waals surface area (Å²) in [5.41, 5.74) is 0.264. The smallest absolute Gasteiger partial charge is 0.296 e. The Morgan fingerprint density at radius 2 is 1.86 bits per heavy atom. The molecule has 0 aliphatic heterocycles. The third-order valence-electron chi connectivity index (χ3n) is 3.06. The van der Waals surface area contributed by atoms with E-state index in [4.69, 9.17) is 0 Å². The van der Waals surface area contributed by atoms with Crippen molar-refractivity contribution in [2.45, 2.75) is 38.4 Å². The van der Waals surface area contributed by atoms with Gasteiger partial charge < -0.3 is 4.74 Å². The van der Waals surface area contributed by atoms with E-state index < -0.39 is 27.3 Å². The predicted octanol–water partition coefficient (Wildman–Crippen LogP) is 3.36. The Bertz CT molecular complexity index is 662. The lowest BCUT2D eigenvalue weighted by Crippen LogP contribution is -2.26. The molecule has 0 atom stereocenters. The highest BCUT2D eigenvalue weighted by atomic mass is 32.2. The van der Waals surface area contributed by atoms with Crippen molar-refractivity contribution < 1.29 is 21.9 Å². The quantitative estimate of drug-likeness (QED) is 0.776. The summed E-state index contributed by atoms with van der Waals surface area (Å²) < 4.78 is 59.0. The van der Waals surface area contributed by atoms with Crippen molar-refractivity contribution in [2.75, 3.05) is 13.7 Å². The molecule has 124 valence electrons. The first kappa shape index (κ1) is 18.7. The summed E-state index contributed by atoms with van der Waals surface area (Å²) in [5, 5.41) is 0. The zero-order valence-electron chi connectivity index (χ0n) is 13.4. The zero-order valence-corrected chi connectivity index (χ0v) is 14.2. The molecule has 0 aromatic heterocycles. The van der Waals surface area contributed by atoms with Crippen LogP contribution in [0.5, 0.6) is 0 Å². The number of rotatable bonds is 5. The summed E-state index contributed by atoms with van der Waals surface area (Å²) in [7, 11) is -2.53. The van der Waals surface area contributed by atoms with Gasteiger partial charge in [-0.15, -0.1) is 0 Å². The molecular formula is C15H21F2NO3S. The summed E-state index contributed by atoms with van der Waals surface area (Å²) in [6, 6.07) is 5.49. The van der Waals surface area contributed by atoms with Gasteiger partial charge in [0, 0.05) is 12.7 Å². The van der Waals surface area contributed by atoms with Crippen LogP contribution in [0.3, 0.4) is 0 Å². The van der Waals surface area contributed by atoms with Crippen molar-refractivity contribution in [1.82, 2.24) is 0 Å². The zero-order chi connectivity index (χ0) is 17.2. The number of halogens is 2. The van der Waals surface area contributed by atoms with Crippen LogP contribution in [0.25, 0.3) is 0 Å². The van der Waals surface area contributed by atoms with Gasteiger partial charge in [0.2, 0.25) is 0 Å². The first-order valence-corrected chi connectivity index (χ1v) is 8.13. The number of benzene rings is 1. The molecule has 0 spiro atoms. The van der Waals surface area contributed by atoms with E-state index >= 15 is 0 Å². The Morgan fingerprint density at radius 3 is 2.36 bits per heavy atom. The highest BCUT2D eigenvalue weighted by Gasteiger charge is 2.32. The van der Waals surface area contributed by atoms with Crippen LogP contribution in [0, 0.1) is 0 Å². The molecule has 7 heteroatoms. The highest BCUT2D eigenvalue weighted by Crippen LogP contribution is 2.29. The Labute approximate surface area is 130 Å². The number of alkyl halides is 2. The Kier molecular flexibility index (Phi) is 5.46. The van der Waals surface area contributed by atoms with E-state index in [-0.39, 0.29) is 11.3 Å². The molecular weight excluding hydrogens is 312 g/mol. The van der Waals surface area contributed by atoms with Crippen molar-refractivity contribution in [3.05, 3.63) is 35.4 Å². The number of sulfonamides is 1. The number of hydrogen-bond acceptors (Lipinski definition) is 3. The molecule has 0 unspecified atom stereocenters. The molecule has 1 rings (SSSR count). The molecule has 0 saturated heterocycles. The van der Waals surface area contributed by atoms with Gasteiger partial charge in [-0.1, -0.05) is 18.2 Å². The average Bonchev–Trinajstić information content (AvgIpc) is 2.37. The summed E-state index contributed by atoms with van der Waals surface area (Å²) in [5.74, 6) is -3.14. The van der Waals surface area contributed by atoms with Gasteiger partial charge in [-0.25, -0.2) is 8.42 Å². The van der Waals surface area contributed by atoms with Crippen molar-refractivity contribution in [3.63, 3.8) is 0 Å². The molecule has 0 fully saturated rings. The van der Waals surface area contributed by atoms with Crippen LogP contribution in [0.15, 0.2) is 28.7 Å². The number of nitrogens with zero attached hydrogens (tertiary/aromatic N) is 1. The predicted molar refractivity (Wildman–Crippen MR) is 83.1 cm³/mol. The minimum absolute atomic E-state index is 0.171. The van der Waals surface area contributed by atoms with Crippen LogP contribution in [-0.4, -0.2) is 32.6 Å². The van der Waals surface area contributed by atoms with Gasteiger partial charge in [-0.2, -0.15) is 13.2 Å². The van der Waals surface area contributed by atoms with Crippen molar-refractivity contribution in [1.29, 1.82) is 0 Å². The van der Waals surface area contributed by atoms with Crippen molar-refractivity contribution in [3.8, 4) is 0 Å². The fourth-order valence-electron chi connectivity index (χ4n) is 1.61. The standard InChI is InChI=1S/C15H21F2NO3S/c1-11(18-22(19,20)14(2,3)4)12-7-6-8-13(9-12)15(16,17)10-21-5/h6-9H,10H2,1-5H3. The van der Waals surface area contributed by atoms with Gasteiger partial charge >= 0.3 is 0 Å². The van der Waals surface area contributed by atoms with E-state index in [2.05, 4.69) is 9.13 Å². The highest BCUT2D eigenvalue weighted by molar-refractivity contribution is 7.91. The van der Waals surface area contributed by atoms with Gasteiger partial charge in [0.25, 0.3) is 15.9 Å². The van der Waals surface area contributed by atoms with Gasteiger partial charge in [0.05, 0.1) is 10.5 Å². The van der Waals surface area contributed by atoms with E-state index in [0.717, 1.165) is 0 Å². The minimum Gasteiger partial charge on any atom is -0.378 e. The third kappa shape index (κ3) is 4.33. The topological polar surface area (TPSA) is 55.7 Å². The number of hydrogen-bond donors (Lipinski definition) is 0. The SMILES string of the molecule is COCC(F)(F)c1cccc(C(C)=NS(=O)(=O)C(C)(C)C)c1. The maximum Gasteiger partial charge on any atom is 0.296 e. The van der Waals surface area contributed by atoms with Crippen LogP contribution < -0.4 is 0 Å². The summed E-state index contributed by atoms with van der Waals surface area (Å²) >= 11 is 0. The lowest BCUT2D eigenvalue weighted by atomic mass is 10.0. The fraction of sp³-hybridized carbons (Fsp3) is 0.533. The van der Waals surface area contributed by atoms with Crippen LogP contribution in [-0.2, 0) is 20.7 Å². The summed E-state index contributed by atoms with van der Waals surface area (Å²) in [6.45, 7) is 5.33. The molecule has 1 aromatic carbocycles. The molecule has 0 saturated carbocycles. The molecule has 4 nitrogen and oxygen atoms in total. The first-order valence-electron chi connectivity index (χ1n) is 6.69. The molecule has 0 aliphatic carbocycles. The van der Waals surface area contributed by atoms with E-state index in [1.807, 2.05) is 0 Å². The monoisotopic (exact) mass is 333 g/mol. The fourth-order valence-corrected chi connectivity index (χ4v) is 2.35. The second-order valence-corrected chi connectivity index (χ2v) is 8.34. The van der Waals surface area contributed by atoms with Crippen LogP contribution >= 0.6 is 0 Å². The van der Waals surface area contributed by atoms with Crippen LogP contribution in [0.2, 0.25) is 0 Å². The molecule has 0 amide bonds. The molecule has 0 bridgehead atoms. The largest absolute Gasteiger partial charge is 0.378 e. The Balaban J connectivity index is 3.25. The van der Waals surface area contributed by atoms with Crippen LogP contribution in [0.4, 0.5) is 8.78 Å². The van der Waals surface area contributed by atoms with Gasteiger partial charge in [-0.3, -0.25) is 0 Å². The maximum absolute atomic E-state index is 13.8. The minimum atomic E-state index is -3.73. The van der Waals surface area contributed by atoms with E-state index in [1.54, 1.807) is 6.07 Å². The summed E-state index contributed by atoms with van der Waals surface area (Å²) in [6.07, 6.45) is 0. The van der Waals surface area contributed by atoms with Gasteiger partial charge in [0.15, 0.2) is 0 Å². The first-order chi connectivity index (χ1) is 9.90. The molecule has 0 aliphatic rings. The lowest BCUT2D eigenvalue weighted by Gasteiger charge is -2.17.